The van der Waals surface area contributed by atoms with Crippen LogP contribution in [0.4, 0.5) is 0 Å². The first-order chi connectivity index (χ1) is 6.88. The molecule has 0 aromatic heterocycles. The van der Waals surface area contributed by atoms with Gasteiger partial charge in [0.15, 0.2) is 0 Å². The van der Waals surface area contributed by atoms with Gasteiger partial charge in [0.2, 0.25) is 0 Å². The first-order valence-electron chi connectivity index (χ1n) is 5.02. The summed E-state index contributed by atoms with van der Waals surface area (Å²) in [6.07, 6.45) is 0. The summed E-state index contributed by atoms with van der Waals surface area (Å²) in [7, 11) is 0. The summed E-state index contributed by atoms with van der Waals surface area (Å²) in [5.41, 5.74) is 7.16. The van der Waals surface area contributed by atoms with Gasteiger partial charge in [-0.3, -0.25) is 4.79 Å². The van der Waals surface area contributed by atoms with Crippen molar-refractivity contribution in [3.8, 4) is 0 Å². The maximum Gasteiger partial charge on any atom is 0.251 e. The van der Waals surface area contributed by atoms with Crippen molar-refractivity contribution in [1.29, 1.82) is 0 Å². The second-order valence-corrected chi connectivity index (χ2v) is 4.54. The van der Waals surface area contributed by atoms with Gasteiger partial charge in [-0.05, 0) is 32.9 Å². The van der Waals surface area contributed by atoms with Gasteiger partial charge in [-0.2, -0.15) is 0 Å². The highest BCUT2D eigenvalue weighted by Gasteiger charge is 2.13. The average molecular weight is 206 g/mol. The van der Waals surface area contributed by atoms with Gasteiger partial charge in [-0.25, -0.2) is 0 Å². The lowest BCUT2D eigenvalue weighted by Crippen LogP contribution is -2.45. The van der Waals surface area contributed by atoms with Gasteiger partial charge < -0.3 is 11.1 Å². The lowest BCUT2D eigenvalue weighted by atomic mass is 10.1. The fourth-order valence-electron chi connectivity index (χ4n) is 1.20. The molecule has 0 aliphatic rings. The van der Waals surface area contributed by atoms with Crippen LogP contribution in [0.3, 0.4) is 0 Å². The lowest BCUT2D eigenvalue weighted by Gasteiger charge is -2.18. The molecule has 0 fully saturated rings. The normalized spacial score (nSPS) is 11.2. The Morgan fingerprint density at radius 3 is 2.67 bits per heavy atom. The number of aryl methyl sites for hydroxylation is 1. The molecule has 0 saturated heterocycles. The number of carbonyl (C=O) groups is 1. The van der Waals surface area contributed by atoms with Crippen LogP contribution in [0, 0.1) is 6.92 Å². The molecule has 1 rings (SSSR count). The van der Waals surface area contributed by atoms with Crippen molar-refractivity contribution in [1.82, 2.24) is 5.32 Å². The second-order valence-electron chi connectivity index (χ2n) is 4.54. The number of benzene rings is 1. The van der Waals surface area contributed by atoms with Crippen LogP contribution in [-0.4, -0.2) is 18.0 Å². The summed E-state index contributed by atoms with van der Waals surface area (Å²) in [4.78, 5) is 11.7. The quantitative estimate of drug-likeness (QED) is 0.786. The Labute approximate surface area is 90.7 Å². The molecule has 1 amide bonds. The van der Waals surface area contributed by atoms with Crippen LogP contribution in [0.25, 0.3) is 0 Å². The van der Waals surface area contributed by atoms with Crippen molar-refractivity contribution in [2.24, 2.45) is 5.73 Å². The Hall–Kier alpha value is -1.35. The average Bonchev–Trinajstić information content (AvgIpc) is 2.13. The van der Waals surface area contributed by atoms with Crippen molar-refractivity contribution >= 4 is 5.91 Å². The van der Waals surface area contributed by atoms with Crippen molar-refractivity contribution in [3.63, 3.8) is 0 Å². The van der Waals surface area contributed by atoms with E-state index in [0.29, 0.717) is 12.1 Å². The molecule has 0 heterocycles. The van der Waals surface area contributed by atoms with Crippen LogP contribution in [0.1, 0.15) is 29.8 Å². The number of nitrogens with one attached hydrogen (secondary N) is 1. The zero-order valence-corrected chi connectivity index (χ0v) is 9.50. The number of carbonyl (C=O) groups excluding carboxylic acids is 1. The third-order valence-electron chi connectivity index (χ3n) is 1.98. The molecule has 3 nitrogen and oxygen atoms in total. The van der Waals surface area contributed by atoms with Crippen LogP contribution in [0.5, 0.6) is 0 Å². The van der Waals surface area contributed by atoms with E-state index in [1.807, 2.05) is 39.0 Å². The van der Waals surface area contributed by atoms with Crippen LogP contribution < -0.4 is 11.1 Å². The van der Waals surface area contributed by atoms with Crippen molar-refractivity contribution in [3.05, 3.63) is 35.4 Å². The molecule has 1 aromatic carbocycles. The summed E-state index contributed by atoms with van der Waals surface area (Å²) >= 11 is 0. The first kappa shape index (κ1) is 11.7. The van der Waals surface area contributed by atoms with Gasteiger partial charge in [0.25, 0.3) is 5.91 Å². The summed E-state index contributed by atoms with van der Waals surface area (Å²) in [6.45, 7) is 6.19. The van der Waals surface area contributed by atoms with E-state index >= 15 is 0 Å². The van der Waals surface area contributed by atoms with Crippen molar-refractivity contribution in [2.45, 2.75) is 26.3 Å². The highest BCUT2D eigenvalue weighted by Crippen LogP contribution is 2.04. The fourth-order valence-corrected chi connectivity index (χ4v) is 1.20. The number of nitrogens with two attached hydrogens (primary N) is 1. The highest BCUT2D eigenvalue weighted by molar-refractivity contribution is 5.94. The molecule has 0 atom stereocenters. The van der Waals surface area contributed by atoms with Crippen molar-refractivity contribution in [2.75, 3.05) is 6.54 Å². The Morgan fingerprint density at radius 1 is 1.47 bits per heavy atom. The molecule has 0 radical (unpaired) electrons. The van der Waals surface area contributed by atoms with Crippen LogP contribution in [0.2, 0.25) is 0 Å². The Morgan fingerprint density at radius 2 is 2.13 bits per heavy atom. The molecule has 0 unspecified atom stereocenters. The molecule has 1 aromatic rings. The molecule has 0 saturated carbocycles. The summed E-state index contributed by atoms with van der Waals surface area (Å²) in [6, 6.07) is 7.49. The van der Waals surface area contributed by atoms with E-state index in [1.165, 1.54) is 0 Å². The van der Waals surface area contributed by atoms with Gasteiger partial charge >= 0.3 is 0 Å². The zero-order valence-electron chi connectivity index (χ0n) is 9.50. The van der Waals surface area contributed by atoms with Crippen LogP contribution >= 0.6 is 0 Å². The van der Waals surface area contributed by atoms with Crippen molar-refractivity contribution < 1.29 is 4.79 Å². The summed E-state index contributed by atoms with van der Waals surface area (Å²) in [5, 5.41) is 2.80. The standard InChI is InChI=1S/C12H18N2O/c1-9-5-4-6-10(7-9)11(15)14-8-12(2,3)13/h4-7H,8,13H2,1-3H3,(H,14,15). The molecular weight excluding hydrogens is 188 g/mol. The third-order valence-corrected chi connectivity index (χ3v) is 1.98. The number of hydrogen-bond donors (Lipinski definition) is 2. The van der Waals surface area contributed by atoms with Crippen LogP contribution in [-0.2, 0) is 0 Å². The molecule has 3 N–H and O–H groups in total. The van der Waals surface area contributed by atoms with E-state index in [0.717, 1.165) is 5.56 Å². The molecule has 82 valence electrons. The number of amides is 1. The SMILES string of the molecule is Cc1cccc(C(=O)NCC(C)(C)N)c1. The summed E-state index contributed by atoms with van der Waals surface area (Å²) in [5.74, 6) is -0.0720. The fraction of sp³-hybridized carbons (Fsp3) is 0.417. The molecule has 0 aliphatic heterocycles. The molecule has 0 bridgehead atoms. The molecule has 0 aliphatic carbocycles. The van der Waals surface area contributed by atoms with E-state index < -0.39 is 0 Å². The van der Waals surface area contributed by atoms with E-state index in [4.69, 9.17) is 5.73 Å². The molecule has 3 heteroatoms. The first-order valence-corrected chi connectivity index (χ1v) is 5.02. The van der Waals surface area contributed by atoms with E-state index in [-0.39, 0.29) is 11.4 Å². The van der Waals surface area contributed by atoms with E-state index in [2.05, 4.69) is 5.32 Å². The van der Waals surface area contributed by atoms with E-state index in [1.54, 1.807) is 6.07 Å². The predicted molar refractivity (Wildman–Crippen MR) is 61.8 cm³/mol. The van der Waals surface area contributed by atoms with E-state index in [9.17, 15) is 4.79 Å². The van der Waals surface area contributed by atoms with Gasteiger partial charge in [-0.15, -0.1) is 0 Å². The molecular formula is C12H18N2O. The van der Waals surface area contributed by atoms with Gasteiger partial charge in [0.1, 0.15) is 0 Å². The second kappa shape index (κ2) is 4.45. The van der Waals surface area contributed by atoms with Gasteiger partial charge in [0, 0.05) is 17.6 Å². The third kappa shape index (κ3) is 4.13. The smallest absolute Gasteiger partial charge is 0.251 e. The molecule has 15 heavy (non-hydrogen) atoms. The van der Waals surface area contributed by atoms with Gasteiger partial charge in [0.05, 0.1) is 0 Å². The van der Waals surface area contributed by atoms with Gasteiger partial charge in [-0.1, -0.05) is 17.7 Å². The number of rotatable bonds is 3. The lowest BCUT2D eigenvalue weighted by molar-refractivity contribution is 0.0946. The minimum absolute atomic E-state index is 0.0720. The maximum atomic E-state index is 11.7. The zero-order chi connectivity index (χ0) is 11.5. The largest absolute Gasteiger partial charge is 0.350 e. The Balaban J connectivity index is 2.62. The summed E-state index contributed by atoms with van der Waals surface area (Å²) < 4.78 is 0. The minimum atomic E-state index is -0.376. The number of hydrogen-bond acceptors (Lipinski definition) is 2. The topological polar surface area (TPSA) is 55.1 Å². The Bertz CT molecular complexity index is 353. The minimum Gasteiger partial charge on any atom is -0.350 e. The Kier molecular flexibility index (Phi) is 3.48. The van der Waals surface area contributed by atoms with Crippen LogP contribution in [0.15, 0.2) is 24.3 Å². The highest BCUT2D eigenvalue weighted by atomic mass is 16.1. The maximum absolute atomic E-state index is 11.7. The monoisotopic (exact) mass is 206 g/mol. The predicted octanol–water partition coefficient (Wildman–Crippen LogP) is 1.46. The molecule has 0 spiro atoms.